The van der Waals surface area contributed by atoms with Crippen molar-refractivity contribution in [1.29, 1.82) is 0 Å². The molecule has 7 nitrogen and oxygen atoms in total. The van der Waals surface area contributed by atoms with Gasteiger partial charge in [-0.1, -0.05) is 30.3 Å². The van der Waals surface area contributed by atoms with Gasteiger partial charge in [-0.15, -0.1) is 0 Å². The number of H-pyrrole nitrogens is 2. The minimum absolute atomic E-state index is 0.150. The van der Waals surface area contributed by atoms with Crippen molar-refractivity contribution < 1.29 is 0 Å². The van der Waals surface area contributed by atoms with Crippen molar-refractivity contribution in [1.82, 2.24) is 19.1 Å². The smallest absolute Gasteiger partial charge is 0.291 e. The van der Waals surface area contributed by atoms with Crippen molar-refractivity contribution in [3.05, 3.63) is 67.2 Å². The summed E-state index contributed by atoms with van der Waals surface area (Å²) in [4.78, 5) is 40.8. The number of hydrogen-bond donors (Lipinski definition) is 2. The van der Waals surface area contributed by atoms with Gasteiger partial charge >= 0.3 is 11.4 Å². The lowest BCUT2D eigenvalue weighted by molar-refractivity contribution is 0.705. The first-order chi connectivity index (χ1) is 9.58. The van der Waals surface area contributed by atoms with Gasteiger partial charge in [0.15, 0.2) is 5.52 Å². The summed E-state index contributed by atoms with van der Waals surface area (Å²) in [5.41, 5.74) is -0.339. The van der Waals surface area contributed by atoms with Crippen molar-refractivity contribution in [3.8, 4) is 0 Å². The molecule has 3 rings (SSSR count). The molecule has 7 heteroatoms. The second kappa shape index (κ2) is 4.37. The van der Waals surface area contributed by atoms with Crippen molar-refractivity contribution in [2.75, 3.05) is 0 Å². The zero-order valence-corrected chi connectivity index (χ0v) is 10.7. The molecule has 0 amide bonds. The van der Waals surface area contributed by atoms with E-state index in [1.54, 1.807) is 0 Å². The molecule has 0 spiro atoms. The van der Waals surface area contributed by atoms with Crippen LogP contribution in [0.5, 0.6) is 0 Å². The largest absolute Gasteiger partial charge is 0.330 e. The summed E-state index contributed by atoms with van der Waals surface area (Å²) in [6.07, 6.45) is 0. The molecule has 0 atom stereocenters. The van der Waals surface area contributed by atoms with E-state index in [2.05, 4.69) is 9.97 Å². The first-order valence-corrected chi connectivity index (χ1v) is 6.03. The van der Waals surface area contributed by atoms with Gasteiger partial charge in [0, 0.05) is 7.05 Å². The van der Waals surface area contributed by atoms with E-state index >= 15 is 0 Å². The Balaban J connectivity index is 2.26. The Labute approximate surface area is 112 Å². The highest BCUT2D eigenvalue weighted by Crippen LogP contribution is 2.01. The maximum Gasteiger partial charge on any atom is 0.330 e. The molecule has 3 aromatic rings. The van der Waals surface area contributed by atoms with Gasteiger partial charge in [-0.3, -0.25) is 23.9 Å². The number of hydrogen-bond acceptors (Lipinski definition) is 3. The lowest BCUT2D eigenvalue weighted by Gasteiger charge is -2.05. The van der Waals surface area contributed by atoms with E-state index in [1.165, 1.54) is 11.6 Å². The van der Waals surface area contributed by atoms with Gasteiger partial charge in [-0.2, -0.15) is 0 Å². The van der Waals surface area contributed by atoms with Crippen molar-refractivity contribution in [3.63, 3.8) is 0 Å². The first-order valence-electron chi connectivity index (χ1n) is 6.03. The lowest BCUT2D eigenvalue weighted by atomic mass is 10.2. The molecule has 2 aromatic heterocycles. The van der Waals surface area contributed by atoms with Gasteiger partial charge in [0.2, 0.25) is 0 Å². The fourth-order valence-electron chi connectivity index (χ4n) is 2.16. The molecule has 0 saturated carbocycles. The van der Waals surface area contributed by atoms with Crippen molar-refractivity contribution in [2.45, 2.75) is 6.54 Å². The van der Waals surface area contributed by atoms with Gasteiger partial charge in [0.05, 0.1) is 6.54 Å². The highest BCUT2D eigenvalue weighted by molar-refractivity contribution is 5.68. The second-order valence-corrected chi connectivity index (χ2v) is 4.52. The molecule has 0 aliphatic carbocycles. The van der Waals surface area contributed by atoms with Crippen LogP contribution in [0.2, 0.25) is 0 Å². The summed E-state index contributed by atoms with van der Waals surface area (Å²) >= 11 is 0. The fourth-order valence-corrected chi connectivity index (χ4v) is 2.16. The average Bonchev–Trinajstić information content (AvgIpc) is 2.71. The predicted octanol–water partition coefficient (Wildman–Crippen LogP) is -0.235. The maximum absolute atomic E-state index is 12.4. The van der Waals surface area contributed by atoms with E-state index in [-0.39, 0.29) is 17.7 Å². The van der Waals surface area contributed by atoms with Gasteiger partial charge in [0.25, 0.3) is 5.56 Å². The Morgan fingerprint density at radius 3 is 2.35 bits per heavy atom. The third-order valence-electron chi connectivity index (χ3n) is 3.22. The lowest BCUT2D eigenvalue weighted by Crippen LogP contribution is -2.36. The van der Waals surface area contributed by atoms with Crippen molar-refractivity contribution in [2.24, 2.45) is 7.05 Å². The molecule has 0 bridgehead atoms. The van der Waals surface area contributed by atoms with E-state index in [4.69, 9.17) is 0 Å². The maximum atomic E-state index is 12.4. The third-order valence-corrected chi connectivity index (χ3v) is 3.22. The van der Waals surface area contributed by atoms with Crippen LogP contribution in [0.1, 0.15) is 5.56 Å². The van der Waals surface area contributed by atoms with Crippen LogP contribution in [0.3, 0.4) is 0 Å². The number of aromatic amines is 2. The summed E-state index contributed by atoms with van der Waals surface area (Å²) in [6.45, 7) is 0.157. The molecule has 0 aliphatic heterocycles. The topological polar surface area (TPSA) is 92.7 Å². The number of aromatic nitrogens is 4. The standard InChI is InChI=1S/C13H12N4O3/c1-16-9-10(14-12(16)19)15-13(20)17(11(9)18)7-8-5-3-2-4-6-8/h2-6H,7H2,1H3,(H,14,19)(H,15,20). The number of nitrogens with zero attached hydrogens (tertiary/aromatic N) is 2. The number of rotatable bonds is 2. The predicted molar refractivity (Wildman–Crippen MR) is 74.0 cm³/mol. The Kier molecular flexibility index (Phi) is 2.67. The van der Waals surface area contributed by atoms with E-state index in [0.29, 0.717) is 0 Å². The van der Waals surface area contributed by atoms with Gasteiger partial charge < -0.3 is 0 Å². The van der Waals surface area contributed by atoms with Crippen LogP contribution in [0, 0.1) is 0 Å². The Bertz CT molecular complexity index is 944. The fraction of sp³-hybridized carbons (Fsp3) is 0.154. The highest BCUT2D eigenvalue weighted by atomic mass is 16.2. The Morgan fingerprint density at radius 1 is 1.00 bits per heavy atom. The number of nitrogens with one attached hydrogen (secondary N) is 2. The molecule has 0 saturated heterocycles. The zero-order chi connectivity index (χ0) is 14.3. The average molecular weight is 272 g/mol. The van der Waals surface area contributed by atoms with Gasteiger partial charge in [-0.25, -0.2) is 9.59 Å². The minimum atomic E-state index is -0.548. The monoisotopic (exact) mass is 272 g/mol. The zero-order valence-electron chi connectivity index (χ0n) is 10.7. The quantitative estimate of drug-likeness (QED) is 0.674. The normalized spacial score (nSPS) is 11.1. The van der Waals surface area contributed by atoms with Crippen LogP contribution in [0.4, 0.5) is 0 Å². The Hall–Kier alpha value is -2.83. The third kappa shape index (κ3) is 1.80. The SMILES string of the molecule is Cn1c(=O)[nH]c2[nH]c(=O)n(Cc3ccccc3)c(=O)c21. The van der Waals surface area contributed by atoms with Crippen LogP contribution in [0.15, 0.2) is 44.7 Å². The molecule has 0 fully saturated rings. The van der Waals surface area contributed by atoms with Crippen molar-refractivity contribution >= 4 is 11.2 Å². The molecule has 0 radical (unpaired) electrons. The molecule has 0 aliphatic rings. The molecule has 20 heavy (non-hydrogen) atoms. The van der Waals surface area contributed by atoms with Crippen LogP contribution >= 0.6 is 0 Å². The van der Waals surface area contributed by atoms with Crippen LogP contribution in [-0.2, 0) is 13.6 Å². The van der Waals surface area contributed by atoms with Crippen LogP contribution in [-0.4, -0.2) is 19.1 Å². The molecule has 0 unspecified atom stereocenters. The summed E-state index contributed by atoms with van der Waals surface area (Å²) in [5.74, 6) is 0. The first kappa shape index (κ1) is 12.2. The summed E-state index contributed by atoms with van der Waals surface area (Å²) in [6, 6.07) is 9.17. The van der Waals surface area contributed by atoms with E-state index in [1.807, 2.05) is 30.3 Å². The number of fused-ring (bicyclic) bond motifs is 1. The highest BCUT2D eigenvalue weighted by Gasteiger charge is 2.13. The van der Waals surface area contributed by atoms with Crippen LogP contribution < -0.4 is 16.9 Å². The van der Waals surface area contributed by atoms with E-state index < -0.39 is 16.9 Å². The molecular formula is C13H12N4O3. The number of benzene rings is 1. The second-order valence-electron chi connectivity index (χ2n) is 4.52. The molecule has 1 aromatic carbocycles. The van der Waals surface area contributed by atoms with Crippen LogP contribution in [0.25, 0.3) is 11.2 Å². The summed E-state index contributed by atoms with van der Waals surface area (Å²) < 4.78 is 2.26. The summed E-state index contributed by atoms with van der Waals surface area (Å²) in [5, 5.41) is 0. The molecule has 2 heterocycles. The van der Waals surface area contributed by atoms with Gasteiger partial charge in [0.1, 0.15) is 5.65 Å². The van der Waals surface area contributed by atoms with Gasteiger partial charge in [-0.05, 0) is 5.56 Å². The molecule has 102 valence electrons. The number of imidazole rings is 1. The summed E-state index contributed by atoms with van der Waals surface area (Å²) in [7, 11) is 1.48. The molecular weight excluding hydrogens is 260 g/mol. The number of aryl methyl sites for hydroxylation is 1. The van der Waals surface area contributed by atoms with E-state index in [9.17, 15) is 14.4 Å². The molecule has 2 N–H and O–H groups in total. The Morgan fingerprint density at radius 2 is 1.65 bits per heavy atom. The minimum Gasteiger partial charge on any atom is -0.291 e. The van der Waals surface area contributed by atoms with E-state index in [0.717, 1.165) is 10.1 Å².